The lowest BCUT2D eigenvalue weighted by Gasteiger charge is -2.09. The number of phenolic OH excluding ortho intramolecular Hbond substituents is 1. The summed E-state index contributed by atoms with van der Waals surface area (Å²) in [7, 11) is 0. The van der Waals surface area contributed by atoms with E-state index in [9.17, 15) is 10.2 Å². The van der Waals surface area contributed by atoms with Crippen molar-refractivity contribution in [1.29, 1.82) is 0 Å². The van der Waals surface area contributed by atoms with E-state index in [-0.39, 0.29) is 25.6 Å². The van der Waals surface area contributed by atoms with E-state index >= 15 is 0 Å². The van der Waals surface area contributed by atoms with Gasteiger partial charge in [0, 0.05) is 6.20 Å². The Labute approximate surface area is 207 Å². The number of benzene rings is 2. The zero-order valence-corrected chi connectivity index (χ0v) is 19.6. The normalized spacial score (nSPS) is 11.1. The highest BCUT2D eigenvalue weighted by Gasteiger charge is 2.15. The molecule has 5 rings (SSSR count). The molecule has 0 amide bonds. The Morgan fingerprint density at radius 1 is 0.972 bits per heavy atom. The van der Waals surface area contributed by atoms with Crippen LogP contribution in [0.4, 0.5) is 0 Å². The fourth-order valence-corrected chi connectivity index (χ4v) is 3.67. The molecule has 0 saturated carbocycles. The Bertz CT molecular complexity index is 1420. The number of phenols is 1. The van der Waals surface area contributed by atoms with Crippen molar-refractivity contribution in [3.05, 3.63) is 101 Å². The van der Waals surface area contributed by atoms with E-state index < -0.39 is 0 Å². The van der Waals surface area contributed by atoms with Gasteiger partial charge in [0.25, 0.3) is 5.89 Å². The summed E-state index contributed by atoms with van der Waals surface area (Å²) < 4.78 is 24.3. The molecule has 0 spiro atoms. The molecule has 3 heterocycles. The summed E-state index contributed by atoms with van der Waals surface area (Å²) in [6.07, 6.45) is 3.31. The largest absolute Gasteiger partial charge is 0.504 e. The lowest BCUT2D eigenvalue weighted by molar-refractivity contribution is 0.253. The first-order valence-corrected chi connectivity index (χ1v) is 11.4. The summed E-state index contributed by atoms with van der Waals surface area (Å²) in [5, 5.41) is 24.6. The maximum absolute atomic E-state index is 10.5. The van der Waals surface area contributed by atoms with E-state index in [0.717, 1.165) is 11.1 Å². The van der Waals surface area contributed by atoms with Gasteiger partial charge in [-0.25, -0.2) is 4.98 Å². The SMILES string of the molecule is Cc1oc(-c2ccco2)nc1COc1ccc(COc2nn(Cc3ccccc3)cc2CO)cc1O. The number of hydrogen-bond donors (Lipinski definition) is 2. The summed E-state index contributed by atoms with van der Waals surface area (Å²) in [4.78, 5) is 4.41. The van der Waals surface area contributed by atoms with Crippen LogP contribution in [0.1, 0.15) is 28.1 Å². The van der Waals surface area contributed by atoms with Crippen LogP contribution in [-0.4, -0.2) is 25.0 Å². The van der Waals surface area contributed by atoms with Gasteiger partial charge in [-0.2, -0.15) is 0 Å². The lowest BCUT2D eigenvalue weighted by atomic mass is 10.2. The van der Waals surface area contributed by atoms with Crippen LogP contribution in [0, 0.1) is 6.92 Å². The number of furan rings is 1. The van der Waals surface area contributed by atoms with E-state index in [4.69, 9.17) is 18.3 Å². The maximum atomic E-state index is 10.5. The fraction of sp³-hybridized carbons (Fsp3) is 0.185. The molecule has 3 aromatic heterocycles. The second kappa shape index (κ2) is 10.4. The first-order chi connectivity index (χ1) is 17.6. The zero-order chi connectivity index (χ0) is 24.9. The zero-order valence-electron chi connectivity index (χ0n) is 19.6. The molecule has 184 valence electrons. The van der Waals surface area contributed by atoms with E-state index in [2.05, 4.69) is 10.1 Å². The third-order valence-corrected chi connectivity index (χ3v) is 5.54. The molecule has 36 heavy (non-hydrogen) atoms. The van der Waals surface area contributed by atoms with Crippen molar-refractivity contribution in [1.82, 2.24) is 14.8 Å². The molecule has 0 atom stereocenters. The second-order valence-electron chi connectivity index (χ2n) is 8.18. The summed E-state index contributed by atoms with van der Waals surface area (Å²) in [5.74, 6) is 2.15. The molecule has 0 aliphatic carbocycles. The van der Waals surface area contributed by atoms with Crippen molar-refractivity contribution in [2.75, 3.05) is 0 Å². The number of rotatable bonds is 10. The molecule has 9 heteroatoms. The van der Waals surface area contributed by atoms with Crippen LogP contribution in [0.25, 0.3) is 11.7 Å². The minimum Gasteiger partial charge on any atom is -0.504 e. The maximum Gasteiger partial charge on any atom is 0.263 e. The van der Waals surface area contributed by atoms with Crippen LogP contribution in [0.3, 0.4) is 0 Å². The van der Waals surface area contributed by atoms with Crippen molar-refractivity contribution in [2.45, 2.75) is 33.3 Å². The minimum absolute atomic E-state index is 0.0273. The fourth-order valence-electron chi connectivity index (χ4n) is 3.67. The van der Waals surface area contributed by atoms with Gasteiger partial charge in [-0.3, -0.25) is 4.68 Å². The van der Waals surface area contributed by atoms with E-state index in [1.165, 1.54) is 0 Å². The van der Waals surface area contributed by atoms with Crippen LogP contribution in [-0.2, 0) is 26.4 Å². The standard InChI is InChI=1S/C27H25N3O6/c1-18-22(28-27(36-18)25-8-5-11-33-25)17-34-24-10-9-20(12-23(24)32)16-35-26-21(15-31)14-30(29-26)13-19-6-3-2-4-7-19/h2-12,14,31-32H,13,15-17H2,1H3. The Morgan fingerprint density at radius 3 is 2.58 bits per heavy atom. The van der Waals surface area contributed by atoms with E-state index in [1.807, 2.05) is 30.3 Å². The molecule has 0 aliphatic heterocycles. The summed E-state index contributed by atoms with van der Waals surface area (Å²) in [6.45, 7) is 2.46. The van der Waals surface area contributed by atoms with Gasteiger partial charge in [-0.15, -0.1) is 5.10 Å². The van der Waals surface area contributed by atoms with Crippen LogP contribution >= 0.6 is 0 Å². The number of aromatic hydroxyl groups is 1. The monoisotopic (exact) mass is 487 g/mol. The quantitative estimate of drug-likeness (QED) is 0.287. The van der Waals surface area contributed by atoms with Gasteiger partial charge in [0.05, 0.1) is 25.0 Å². The Morgan fingerprint density at radius 2 is 1.83 bits per heavy atom. The number of aryl methyl sites for hydroxylation is 1. The number of aromatic nitrogens is 3. The van der Waals surface area contributed by atoms with Gasteiger partial charge in [0.1, 0.15) is 24.7 Å². The van der Waals surface area contributed by atoms with E-state index in [0.29, 0.717) is 46.8 Å². The summed E-state index contributed by atoms with van der Waals surface area (Å²) >= 11 is 0. The lowest BCUT2D eigenvalue weighted by Crippen LogP contribution is -2.02. The number of oxazole rings is 1. The van der Waals surface area contributed by atoms with Crippen LogP contribution in [0.5, 0.6) is 17.4 Å². The van der Waals surface area contributed by atoms with Gasteiger partial charge in [-0.1, -0.05) is 36.4 Å². The van der Waals surface area contributed by atoms with Crippen molar-refractivity contribution in [3.63, 3.8) is 0 Å². The van der Waals surface area contributed by atoms with Crippen molar-refractivity contribution < 1.29 is 28.5 Å². The van der Waals surface area contributed by atoms with Crippen LogP contribution in [0.15, 0.2) is 82.0 Å². The van der Waals surface area contributed by atoms with Crippen LogP contribution < -0.4 is 9.47 Å². The molecular formula is C27H25N3O6. The first-order valence-electron chi connectivity index (χ1n) is 11.4. The second-order valence-corrected chi connectivity index (χ2v) is 8.18. The number of aliphatic hydroxyl groups is 1. The van der Waals surface area contributed by atoms with E-state index in [1.54, 1.807) is 54.4 Å². The van der Waals surface area contributed by atoms with Crippen LogP contribution in [0.2, 0.25) is 0 Å². The number of aliphatic hydroxyl groups excluding tert-OH is 1. The number of hydrogen-bond acceptors (Lipinski definition) is 8. The van der Waals surface area contributed by atoms with Gasteiger partial charge >= 0.3 is 0 Å². The highest BCUT2D eigenvalue weighted by molar-refractivity contribution is 5.45. The van der Waals surface area contributed by atoms with Gasteiger partial charge < -0.3 is 28.5 Å². The molecule has 0 saturated heterocycles. The average molecular weight is 488 g/mol. The predicted molar refractivity (Wildman–Crippen MR) is 129 cm³/mol. The third-order valence-electron chi connectivity index (χ3n) is 5.54. The van der Waals surface area contributed by atoms with Crippen molar-refractivity contribution in [3.8, 4) is 29.0 Å². The average Bonchev–Trinajstić information content (AvgIpc) is 3.63. The highest BCUT2D eigenvalue weighted by atomic mass is 16.5. The minimum atomic E-state index is -0.189. The summed E-state index contributed by atoms with van der Waals surface area (Å²) in [6, 6.07) is 18.5. The van der Waals surface area contributed by atoms with Crippen molar-refractivity contribution in [2.24, 2.45) is 0 Å². The first kappa shape index (κ1) is 23.3. The topological polar surface area (TPSA) is 116 Å². The number of ether oxygens (including phenoxy) is 2. The molecule has 9 nitrogen and oxygen atoms in total. The predicted octanol–water partition coefficient (Wildman–Crippen LogP) is 4.84. The molecule has 2 aromatic carbocycles. The Hall–Kier alpha value is -4.50. The molecular weight excluding hydrogens is 462 g/mol. The van der Waals surface area contributed by atoms with Gasteiger partial charge in [0.2, 0.25) is 5.88 Å². The molecule has 0 unspecified atom stereocenters. The van der Waals surface area contributed by atoms with Gasteiger partial charge in [-0.05, 0) is 42.3 Å². The Kier molecular flexibility index (Phi) is 6.72. The smallest absolute Gasteiger partial charge is 0.263 e. The molecule has 0 bridgehead atoms. The molecule has 0 radical (unpaired) electrons. The highest BCUT2D eigenvalue weighted by Crippen LogP contribution is 2.29. The van der Waals surface area contributed by atoms with Crippen molar-refractivity contribution >= 4 is 0 Å². The molecule has 0 fully saturated rings. The third kappa shape index (κ3) is 5.26. The molecule has 2 N–H and O–H groups in total. The number of nitrogens with zero attached hydrogens (tertiary/aromatic N) is 3. The summed E-state index contributed by atoms with van der Waals surface area (Å²) in [5.41, 5.74) is 3.01. The van der Waals surface area contributed by atoms with Gasteiger partial charge in [0.15, 0.2) is 17.3 Å². The molecule has 0 aliphatic rings. The molecule has 5 aromatic rings. The Balaban J connectivity index is 1.20.